The van der Waals surface area contributed by atoms with Gasteiger partial charge >= 0.3 is 0 Å². The maximum Gasteiger partial charge on any atom is 0.227 e. The van der Waals surface area contributed by atoms with Crippen molar-refractivity contribution in [2.24, 2.45) is 7.05 Å². The van der Waals surface area contributed by atoms with Gasteiger partial charge in [0.25, 0.3) is 0 Å². The van der Waals surface area contributed by atoms with Crippen LogP contribution in [0.4, 0.5) is 0 Å². The molecule has 7 nitrogen and oxygen atoms in total. The summed E-state index contributed by atoms with van der Waals surface area (Å²) in [5.74, 6) is 0.147. The molecule has 140 valence electrons. The van der Waals surface area contributed by atoms with Crippen LogP contribution in [0.2, 0.25) is 0 Å². The molecule has 1 saturated heterocycles. The molecule has 0 unspecified atom stereocenters. The first-order valence-electron chi connectivity index (χ1n) is 9.10. The number of carbonyl (C=O) groups excluding carboxylic acids is 1. The summed E-state index contributed by atoms with van der Waals surface area (Å²) in [4.78, 5) is 23.6. The van der Waals surface area contributed by atoms with Gasteiger partial charge in [-0.3, -0.25) is 19.4 Å². The first-order chi connectivity index (χ1) is 12.5. The Morgan fingerprint density at radius 3 is 2.69 bits per heavy atom. The molecule has 0 saturated carbocycles. The van der Waals surface area contributed by atoms with Crippen LogP contribution >= 0.6 is 0 Å². The minimum Gasteiger partial charge on any atom is -0.377 e. The van der Waals surface area contributed by atoms with Gasteiger partial charge in [0.05, 0.1) is 42.8 Å². The van der Waals surface area contributed by atoms with E-state index in [1.165, 1.54) is 0 Å². The van der Waals surface area contributed by atoms with Gasteiger partial charge in [0.1, 0.15) is 0 Å². The molecular weight excluding hydrogens is 330 g/mol. The van der Waals surface area contributed by atoms with E-state index in [4.69, 9.17) is 4.74 Å². The van der Waals surface area contributed by atoms with Gasteiger partial charge in [-0.25, -0.2) is 0 Å². The molecule has 1 fully saturated rings. The maximum absolute atomic E-state index is 13.0. The van der Waals surface area contributed by atoms with Crippen molar-refractivity contribution in [3.8, 4) is 0 Å². The maximum atomic E-state index is 13.0. The second-order valence-corrected chi connectivity index (χ2v) is 6.89. The Balaban J connectivity index is 1.68. The molecule has 0 radical (unpaired) electrons. The summed E-state index contributed by atoms with van der Waals surface area (Å²) in [5.41, 5.74) is 4.95. The molecule has 0 N–H and O–H groups in total. The highest BCUT2D eigenvalue weighted by molar-refractivity contribution is 5.79. The lowest BCUT2D eigenvalue weighted by atomic mass is 10.0. The minimum atomic E-state index is 0.0786. The van der Waals surface area contributed by atoms with Gasteiger partial charge in [-0.05, 0) is 33.6 Å². The van der Waals surface area contributed by atoms with Gasteiger partial charge in [0.2, 0.25) is 5.91 Å². The number of amides is 1. The van der Waals surface area contributed by atoms with Crippen LogP contribution in [0.5, 0.6) is 0 Å². The molecule has 3 heterocycles. The topological polar surface area (TPSA) is 73.1 Å². The SMILES string of the molecule is Cc1nccnc1CC[C@H]1COCCN1C(=O)Cc1c(C)nn(C)c1C. The van der Waals surface area contributed by atoms with E-state index in [2.05, 4.69) is 15.1 Å². The van der Waals surface area contributed by atoms with E-state index >= 15 is 0 Å². The third-order valence-corrected chi connectivity index (χ3v) is 5.23. The minimum absolute atomic E-state index is 0.0786. The van der Waals surface area contributed by atoms with Crippen molar-refractivity contribution < 1.29 is 9.53 Å². The lowest BCUT2D eigenvalue weighted by Crippen LogP contribution is -2.49. The van der Waals surface area contributed by atoms with E-state index in [0.29, 0.717) is 26.2 Å². The Hall–Kier alpha value is -2.28. The van der Waals surface area contributed by atoms with Gasteiger partial charge in [0.15, 0.2) is 0 Å². The molecule has 2 aromatic heterocycles. The number of carbonyl (C=O) groups is 1. The zero-order chi connectivity index (χ0) is 18.7. The number of aromatic nitrogens is 4. The van der Waals surface area contributed by atoms with Crippen LogP contribution in [-0.4, -0.2) is 56.4 Å². The first kappa shape index (κ1) is 18.5. The van der Waals surface area contributed by atoms with E-state index in [0.717, 1.165) is 41.2 Å². The first-order valence-corrected chi connectivity index (χ1v) is 9.10. The molecule has 2 aromatic rings. The summed E-state index contributed by atoms with van der Waals surface area (Å²) in [5, 5.41) is 4.42. The second-order valence-electron chi connectivity index (χ2n) is 6.89. The number of hydrogen-bond acceptors (Lipinski definition) is 5. The van der Waals surface area contributed by atoms with Crippen molar-refractivity contribution in [1.82, 2.24) is 24.6 Å². The Labute approximate surface area is 154 Å². The highest BCUT2D eigenvalue weighted by Gasteiger charge is 2.28. The van der Waals surface area contributed by atoms with Crippen molar-refractivity contribution >= 4 is 5.91 Å². The molecular formula is C19H27N5O2. The quantitative estimate of drug-likeness (QED) is 0.811. The highest BCUT2D eigenvalue weighted by Crippen LogP contribution is 2.18. The molecule has 0 spiro atoms. The monoisotopic (exact) mass is 357 g/mol. The highest BCUT2D eigenvalue weighted by atomic mass is 16.5. The molecule has 26 heavy (non-hydrogen) atoms. The van der Waals surface area contributed by atoms with Crippen molar-refractivity contribution in [3.63, 3.8) is 0 Å². The van der Waals surface area contributed by atoms with Crippen molar-refractivity contribution in [2.45, 2.75) is 46.1 Å². The van der Waals surface area contributed by atoms with Crippen molar-refractivity contribution in [3.05, 3.63) is 40.7 Å². The smallest absolute Gasteiger partial charge is 0.227 e. The van der Waals surface area contributed by atoms with Crippen LogP contribution in [0, 0.1) is 20.8 Å². The van der Waals surface area contributed by atoms with Gasteiger partial charge in [-0.15, -0.1) is 0 Å². The Bertz CT molecular complexity index is 786. The standard InChI is InChI=1S/C19H27N5O2/c1-13-17(15(3)23(4)22-13)11-19(25)24-9-10-26-12-16(24)5-6-18-14(2)20-7-8-21-18/h7-8,16H,5-6,9-12H2,1-4H3/t16-/m0/s1. The molecule has 0 aliphatic carbocycles. The molecule has 0 bridgehead atoms. The number of nitrogens with zero attached hydrogens (tertiary/aromatic N) is 5. The van der Waals surface area contributed by atoms with Crippen LogP contribution in [-0.2, 0) is 29.4 Å². The molecule has 3 rings (SSSR count). The number of ether oxygens (including phenoxy) is 1. The van der Waals surface area contributed by atoms with Crippen molar-refractivity contribution in [2.75, 3.05) is 19.8 Å². The predicted octanol–water partition coefficient (Wildman–Crippen LogP) is 1.54. The summed E-state index contributed by atoms with van der Waals surface area (Å²) >= 11 is 0. The predicted molar refractivity (Wildman–Crippen MR) is 97.8 cm³/mol. The summed E-state index contributed by atoms with van der Waals surface area (Å²) < 4.78 is 7.48. The fraction of sp³-hybridized carbons (Fsp3) is 0.579. The number of morpholine rings is 1. The summed E-state index contributed by atoms with van der Waals surface area (Å²) in [6, 6.07) is 0.0786. The van der Waals surface area contributed by atoms with Crippen LogP contribution in [0.25, 0.3) is 0 Å². The summed E-state index contributed by atoms with van der Waals surface area (Å²) in [7, 11) is 1.91. The van der Waals surface area contributed by atoms with Gasteiger partial charge in [-0.1, -0.05) is 0 Å². The van der Waals surface area contributed by atoms with E-state index in [1.54, 1.807) is 12.4 Å². The average molecular weight is 357 g/mol. The van der Waals surface area contributed by atoms with Crippen molar-refractivity contribution in [1.29, 1.82) is 0 Å². The van der Waals surface area contributed by atoms with Crippen LogP contribution < -0.4 is 0 Å². The zero-order valence-corrected chi connectivity index (χ0v) is 16.0. The van der Waals surface area contributed by atoms with Crippen LogP contribution in [0.1, 0.15) is 34.8 Å². The fourth-order valence-corrected chi connectivity index (χ4v) is 3.53. The third kappa shape index (κ3) is 3.93. The lowest BCUT2D eigenvalue weighted by Gasteiger charge is -2.36. The number of hydrogen-bond donors (Lipinski definition) is 0. The van der Waals surface area contributed by atoms with E-state index in [9.17, 15) is 4.79 Å². The Morgan fingerprint density at radius 1 is 1.23 bits per heavy atom. The average Bonchev–Trinajstić information content (AvgIpc) is 2.87. The number of aryl methyl sites for hydroxylation is 4. The fourth-order valence-electron chi connectivity index (χ4n) is 3.53. The van der Waals surface area contributed by atoms with Gasteiger partial charge < -0.3 is 9.64 Å². The van der Waals surface area contributed by atoms with Crippen LogP contribution in [0.3, 0.4) is 0 Å². The molecule has 1 atom stereocenters. The largest absolute Gasteiger partial charge is 0.377 e. The Morgan fingerprint density at radius 2 is 2.00 bits per heavy atom. The van der Waals surface area contributed by atoms with E-state index in [1.807, 2.05) is 37.4 Å². The zero-order valence-electron chi connectivity index (χ0n) is 16.0. The second kappa shape index (κ2) is 7.95. The molecule has 1 aliphatic rings. The molecule has 0 aromatic carbocycles. The Kier molecular flexibility index (Phi) is 5.66. The normalized spacial score (nSPS) is 17.5. The summed E-state index contributed by atoms with van der Waals surface area (Å²) in [6.07, 6.45) is 5.44. The molecule has 7 heteroatoms. The van der Waals surface area contributed by atoms with E-state index in [-0.39, 0.29) is 11.9 Å². The molecule has 1 amide bonds. The number of rotatable bonds is 5. The van der Waals surface area contributed by atoms with E-state index < -0.39 is 0 Å². The lowest BCUT2D eigenvalue weighted by molar-refractivity contribution is -0.139. The molecule has 1 aliphatic heterocycles. The van der Waals surface area contributed by atoms with Crippen LogP contribution in [0.15, 0.2) is 12.4 Å². The van der Waals surface area contributed by atoms with Gasteiger partial charge in [0, 0.05) is 37.2 Å². The third-order valence-electron chi connectivity index (χ3n) is 5.23. The summed E-state index contributed by atoms with van der Waals surface area (Å²) in [6.45, 7) is 7.75. The van der Waals surface area contributed by atoms with Gasteiger partial charge in [-0.2, -0.15) is 5.10 Å².